The molecular weight excluding hydrogens is 388 g/mol. The van der Waals surface area contributed by atoms with E-state index in [0.717, 1.165) is 15.4 Å². The van der Waals surface area contributed by atoms with E-state index in [4.69, 9.17) is 16.3 Å². The summed E-state index contributed by atoms with van der Waals surface area (Å²) in [4.78, 5) is 12.6. The molecule has 0 unspecified atom stereocenters. The van der Waals surface area contributed by atoms with Crippen LogP contribution in [0, 0.1) is 13.8 Å². The Morgan fingerprint density at radius 1 is 1.15 bits per heavy atom. The number of nitrogens with one attached hydrogen (secondary N) is 1. The molecule has 0 saturated carbocycles. The maximum absolute atomic E-state index is 12.9. The molecule has 27 heavy (non-hydrogen) atoms. The number of halogens is 1. The van der Waals surface area contributed by atoms with Gasteiger partial charge in [0.1, 0.15) is 0 Å². The number of hydrogen-bond acceptors (Lipinski definition) is 4. The molecule has 146 valence electrons. The molecule has 0 saturated heterocycles. The Balaban J connectivity index is 2.21. The lowest BCUT2D eigenvalue weighted by atomic mass is 10.1. The van der Waals surface area contributed by atoms with Crippen molar-refractivity contribution in [1.82, 2.24) is 4.31 Å². The number of nitrogens with zero attached hydrogens (tertiary/aromatic N) is 1. The molecule has 1 amide bonds. The van der Waals surface area contributed by atoms with E-state index in [2.05, 4.69) is 5.32 Å². The summed E-state index contributed by atoms with van der Waals surface area (Å²) < 4.78 is 31.9. The number of benzene rings is 2. The monoisotopic (exact) mass is 410 g/mol. The number of rotatable bonds is 8. The zero-order valence-corrected chi connectivity index (χ0v) is 17.1. The van der Waals surface area contributed by atoms with Crippen molar-refractivity contribution >= 4 is 33.2 Å². The minimum Gasteiger partial charge on any atom is -0.383 e. The van der Waals surface area contributed by atoms with E-state index in [1.54, 1.807) is 6.07 Å². The van der Waals surface area contributed by atoms with Gasteiger partial charge in [-0.25, -0.2) is 8.42 Å². The number of anilines is 1. The van der Waals surface area contributed by atoms with Gasteiger partial charge in [0.25, 0.3) is 0 Å². The van der Waals surface area contributed by atoms with E-state index in [-0.39, 0.29) is 24.6 Å². The average molecular weight is 411 g/mol. The van der Waals surface area contributed by atoms with Gasteiger partial charge in [0.15, 0.2) is 0 Å². The van der Waals surface area contributed by atoms with Crippen molar-refractivity contribution in [3.8, 4) is 0 Å². The lowest BCUT2D eigenvalue weighted by Gasteiger charge is -2.22. The number of carbonyl (C=O) groups is 1. The van der Waals surface area contributed by atoms with Gasteiger partial charge in [0.2, 0.25) is 15.9 Å². The molecule has 0 aromatic heterocycles. The average Bonchev–Trinajstić information content (AvgIpc) is 2.62. The summed E-state index contributed by atoms with van der Waals surface area (Å²) in [5, 5.41) is 3.22. The summed E-state index contributed by atoms with van der Waals surface area (Å²) in [6, 6.07) is 11.4. The Morgan fingerprint density at radius 2 is 1.81 bits per heavy atom. The van der Waals surface area contributed by atoms with Crippen LogP contribution in [-0.4, -0.2) is 45.4 Å². The van der Waals surface area contributed by atoms with Crippen LogP contribution < -0.4 is 5.32 Å². The fourth-order valence-corrected chi connectivity index (χ4v) is 3.98. The molecule has 2 aromatic rings. The van der Waals surface area contributed by atoms with Crippen molar-refractivity contribution < 1.29 is 17.9 Å². The fourth-order valence-electron chi connectivity index (χ4n) is 2.47. The second kappa shape index (κ2) is 9.32. The SMILES string of the molecule is COCCN(CC(=O)Nc1cccc(C)c1C)S(=O)(=O)c1ccc(Cl)cc1. The first kappa shape index (κ1) is 21.4. The van der Waals surface area contributed by atoms with Gasteiger partial charge in [-0.2, -0.15) is 4.31 Å². The smallest absolute Gasteiger partial charge is 0.243 e. The Kier molecular flexibility index (Phi) is 7.38. The van der Waals surface area contributed by atoms with Crippen LogP contribution >= 0.6 is 11.6 Å². The molecule has 0 aliphatic rings. The lowest BCUT2D eigenvalue weighted by Crippen LogP contribution is -2.40. The zero-order chi connectivity index (χ0) is 20.0. The van der Waals surface area contributed by atoms with Crippen LogP contribution in [0.5, 0.6) is 0 Å². The molecule has 2 aromatic carbocycles. The number of hydrogen-bond donors (Lipinski definition) is 1. The van der Waals surface area contributed by atoms with E-state index < -0.39 is 15.9 Å². The Bertz CT molecular complexity index is 898. The van der Waals surface area contributed by atoms with Crippen molar-refractivity contribution in [2.45, 2.75) is 18.7 Å². The van der Waals surface area contributed by atoms with Gasteiger partial charge in [-0.05, 0) is 55.3 Å². The second-order valence-corrected chi connectivity index (χ2v) is 8.46. The van der Waals surface area contributed by atoms with Gasteiger partial charge < -0.3 is 10.1 Å². The number of amides is 1. The summed E-state index contributed by atoms with van der Waals surface area (Å²) in [7, 11) is -2.39. The molecule has 8 heteroatoms. The molecular formula is C19H23ClN2O4S. The first-order chi connectivity index (χ1) is 12.8. The van der Waals surface area contributed by atoms with Crippen LogP contribution in [0.15, 0.2) is 47.4 Å². The number of carbonyl (C=O) groups excluding carboxylic acids is 1. The molecule has 0 radical (unpaired) electrons. The topological polar surface area (TPSA) is 75.7 Å². The molecule has 0 bridgehead atoms. The predicted octanol–water partition coefficient (Wildman–Crippen LogP) is 3.23. The summed E-state index contributed by atoms with van der Waals surface area (Å²) in [6.45, 7) is 3.76. The van der Waals surface area contributed by atoms with Gasteiger partial charge in [-0.15, -0.1) is 0 Å². The maximum atomic E-state index is 12.9. The maximum Gasteiger partial charge on any atom is 0.243 e. The Hall–Kier alpha value is -1.93. The van der Waals surface area contributed by atoms with Crippen LogP contribution in [0.4, 0.5) is 5.69 Å². The first-order valence-corrected chi connectivity index (χ1v) is 10.2. The predicted molar refractivity (Wildman–Crippen MR) is 107 cm³/mol. The largest absolute Gasteiger partial charge is 0.383 e. The van der Waals surface area contributed by atoms with Crippen LogP contribution in [0.1, 0.15) is 11.1 Å². The van der Waals surface area contributed by atoms with E-state index >= 15 is 0 Å². The minimum absolute atomic E-state index is 0.0572. The van der Waals surface area contributed by atoms with Crippen molar-refractivity contribution in [3.05, 3.63) is 58.6 Å². The van der Waals surface area contributed by atoms with Gasteiger partial charge >= 0.3 is 0 Å². The first-order valence-electron chi connectivity index (χ1n) is 8.36. The number of aryl methyl sites for hydroxylation is 1. The highest BCUT2D eigenvalue weighted by Gasteiger charge is 2.26. The highest BCUT2D eigenvalue weighted by Crippen LogP contribution is 2.20. The summed E-state index contributed by atoms with van der Waals surface area (Å²) in [5.41, 5.74) is 2.64. The molecule has 6 nitrogen and oxygen atoms in total. The Labute approximate surface area is 165 Å². The van der Waals surface area contributed by atoms with Crippen molar-refractivity contribution in [3.63, 3.8) is 0 Å². The van der Waals surface area contributed by atoms with Crippen LogP contribution in [0.25, 0.3) is 0 Å². The lowest BCUT2D eigenvalue weighted by molar-refractivity contribution is -0.116. The molecule has 0 aliphatic carbocycles. The quantitative estimate of drug-likeness (QED) is 0.724. The van der Waals surface area contributed by atoms with Crippen molar-refractivity contribution in [1.29, 1.82) is 0 Å². The highest BCUT2D eigenvalue weighted by molar-refractivity contribution is 7.89. The molecule has 0 aliphatic heterocycles. The highest BCUT2D eigenvalue weighted by atomic mass is 35.5. The van der Waals surface area contributed by atoms with Gasteiger partial charge in [-0.1, -0.05) is 23.7 Å². The number of sulfonamides is 1. The van der Waals surface area contributed by atoms with E-state index in [1.807, 2.05) is 26.0 Å². The summed E-state index contributed by atoms with van der Waals surface area (Å²) in [5.74, 6) is -0.419. The van der Waals surface area contributed by atoms with E-state index in [1.165, 1.54) is 31.4 Å². The van der Waals surface area contributed by atoms with Crippen LogP contribution in [0.2, 0.25) is 5.02 Å². The van der Waals surface area contributed by atoms with Gasteiger partial charge in [-0.3, -0.25) is 4.79 Å². The Morgan fingerprint density at radius 3 is 2.44 bits per heavy atom. The molecule has 0 atom stereocenters. The number of methoxy groups -OCH3 is 1. The molecule has 0 fully saturated rings. The third-order valence-corrected chi connectivity index (χ3v) is 6.31. The fraction of sp³-hybridized carbons (Fsp3) is 0.316. The summed E-state index contributed by atoms with van der Waals surface area (Å²) >= 11 is 5.83. The normalized spacial score (nSPS) is 11.6. The van der Waals surface area contributed by atoms with Gasteiger partial charge in [0.05, 0.1) is 18.0 Å². The summed E-state index contributed by atoms with van der Waals surface area (Å²) in [6.07, 6.45) is 0. The second-order valence-electron chi connectivity index (χ2n) is 6.08. The van der Waals surface area contributed by atoms with Crippen LogP contribution in [0.3, 0.4) is 0 Å². The molecule has 1 N–H and O–H groups in total. The van der Waals surface area contributed by atoms with E-state index in [9.17, 15) is 13.2 Å². The third kappa shape index (κ3) is 5.52. The molecule has 0 spiro atoms. The number of ether oxygens (including phenoxy) is 1. The van der Waals surface area contributed by atoms with Crippen molar-refractivity contribution in [2.24, 2.45) is 0 Å². The third-order valence-electron chi connectivity index (χ3n) is 4.19. The zero-order valence-electron chi connectivity index (χ0n) is 15.5. The van der Waals surface area contributed by atoms with Crippen LogP contribution in [-0.2, 0) is 19.6 Å². The van der Waals surface area contributed by atoms with Crippen molar-refractivity contribution in [2.75, 3.05) is 32.1 Å². The minimum atomic E-state index is -3.86. The van der Waals surface area contributed by atoms with E-state index in [0.29, 0.717) is 10.7 Å². The molecule has 0 heterocycles. The van der Waals surface area contributed by atoms with Gasteiger partial charge in [0, 0.05) is 24.4 Å². The standard InChI is InChI=1S/C19H23ClN2O4S/c1-14-5-4-6-18(15(14)2)21-19(23)13-22(11-12-26-3)27(24,25)17-9-7-16(20)8-10-17/h4-10H,11-13H2,1-3H3,(H,21,23). The molecule has 2 rings (SSSR count).